The number of rotatable bonds is 6. The Kier molecular flexibility index (Phi) is 4.89. The fourth-order valence-electron chi connectivity index (χ4n) is 3.27. The Morgan fingerprint density at radius 2 is 2.07 bits per heavy atom. The van der Waals surface area contributed by atoms with Gasteiger partial charge in [-0.2, -0.15) is 0 Å². The molecule has 3 heterocycles. The molecule has 0 saturated carbocycles. The smallest absolute Gasteiger partial charge is 0.253 e. The van der Waals surface area contributed by atoms with Crippen LogP contribution in [0.4, 0.5) is 0 Å². The quantitative estimate of drug-likeness (QED) is 0.667. The highest BCUT2D eigenvalue weighted by Gasteiger charge is 2.17. The van der Waals surface area contributed by atoms with E-state index in [-0.39, 0.29) is 12.7 Å². The summed E-state index contributed by atoms with van der Waals surface area (Å²) < 4.78 is 18.3. The van der Waals surface area contributed by atoms with Crippen molar-refractivity contribution in [3.8, 4) is 22.9 Å². The lowest BCUT2D eigenvalue weighted by molar-refractivity contribution is 0.0946. The van der Waals surface area contributed by atoms with Crippen LogP contribution < -0.4 is 19.5 Å². The third kappa shape index (κ3) is 3.51. The van der Waals surface area contributed by atoms with Crippen LogP contribution in [0.1, 0.15) is 21.7 Å². The molecule has 1 aliphatic rings. The highest BCUT2D eigenvalue weighted by atomic mass is 16.7. The predicted molar refractivity (Wildman–Crippen MR) is 103 cm³/mol. The Hall–Kier alpha value is -3.48. The zero-order chi connectivity index (χ0) is 19.5. The summed E-state index contributed by atoms with van der Waals surface area (Å²) in [5.74, 6) is 1.93. The van der Waals surface area contributed by atoms with Gasteiger partial charge in [0.25, 0.3) is 5.91 Å². The Bertz CT molecular complexity index is 998. The lowest BCUT2D eigenvalue weighted by Crippen LogP contribution is -2.28. The van der Waals surface area contributed by atoms with E-state index in [2.05, 4.69) is 10.3 Å². The second-order valence-electron chi connectivity index (χ2n) is 6.45. The zero-order valence-corrected chi connectivity index (χ0v) is 15.8. The molecule has 0 spiro atoms. The molecule has 0 atom stereocenters. The van der Waals surface area contributed by atoms with Crippen LogP contribution in [0.2, 0.25) is 0 Å². The lowest BCUT2D eigenvalue weighted by Gasteiger charge is -2.10. The number of pyridine rings is 1. The number of benzene rings is 1. The van der Waals surface area contributed by atoms with Gasteiger partial charge in [-0.25, -0.2) is 0 Å². The molecule has 4 rings (SSSR count). The number of hydrogen-bond acceptors (Lipinski definition) is 5. The van der Waals surface area contributed by atoms with Gasteiger partial charge in [-0.3, -0.25) is 9.78 Å². The highest BCUT2D eigenvalue weighted by Crippen LogP contribution is 2.35. The van der Waals surface area contributed by atoms with Gasteiger partial charge in [0.1, 0.15) is 12.4 Å². The van der Waals surface area contributed by atoms with Gasteiger partial charge in [0, 0.05) is 23.7 Å². The molecule has 0 fully saturated rings. The summed E-state index contributed by atoms with van der Waals surface area (Å²) in [6.07, 6.45) is 3.51. The van der Waals surface area contributed by atoms with Crippen LogP contribution in [0, 0.1) is 13.8 Å². The van der Waals surface area contributed by atoms with Crippen LogP contribution in [-0.2, 0) is 0 Å². The van der Waals surface area contributed by atoms with Crippen LogP contribution in [0.15, 0.2) is 48.8 Å². The Morgan fingerprint density at radius 3 is 2.89 bits per heavy atom. The maximum Gasteiger partial charge on any atom is 0.253 e. The summed E-state index contributed by atoms with van der Waals surface area (Å²) in [6, 6.07) is 11.1. The maximum absolute atomic E-state index is 12.6. The van der Waals surface area contributed by atoms with Crippen molar-refractivity contribution in [1.29, 1.82) is 0 Å². The molecule has 1 aliphatic heterocycles. The van der Waals surface area contributed by atoms with E-state index in [1.165, 1.54) is 0 Å². The molecule has 1 amide bonds. The fourth-order valence-corrected chi connectivity index (χ4v) is 3.27. The summed E-state index contributed by atoms with van der Waals surface area (Å²) in [4.78, 5) is 16.7. The van der Waals surface area contributed by atoms with E-state index in [9.17, 15) is 4.79 Å². The van der Waals surface area contributed by atoms with E-state index < -0.39 is 0 Å². The summed E-state index contributed by atoms with van der Waals surface area (Å²) in [6.45, 7) is 4.88. The number of ether oxygens (including phenoxy) is 3. The number of aryl methyl sites for hydroxylation is 1. The topological polar surface area (TPSA) is 74.6 Å². The molecule has 7 heteroatoms. The fraction of sp³-hybridized carbons (Fsp3) is 0.238. The molecule has 0 saturated heterocycles. The second-order valence-corrected chi connectivity index (χ2v) is 6.45. The molecule has 0 bridgehead atoms. The first-order chi connectivity index (χ1) is 13.6. The van der Waals surface area contributed by atoms with E-state index >= 15 is 0 Å². The minimum atomic E-state index is -0.127. The normalized spacial score (nSPS) is 12.1. The van der Waals surface area contributed by atoms with Crippen molar-refractivity contribution < 1.29 is 19.0 Å². The minimum Gasteiger partial charge on any atom is -0.492 e. The number of fused-ring (bicyclic) bond motifs is 1. The molecule has 2 aromatic heterocycles. The number of nitrogens with zero attached hydrogens (tertiary/aromatic N) is 2. The molecule has 28 heavy (non-hydrogen) atoms. The second kappa shape index (κ2) is 7.64. The van der Waals surface area contributed by atoms with Gasteiger partial charge in [0.05, 0.1) is 24.0 Å². The summed E-state index contributed by atoms with van der Waals surface area (Å²) in [5, 5.41) is 2.91. The molecule has 0 radical (unpaired) electrons. The van der Waals surface area contributed by atoms with E-state index in [4.69, 9.17) is 14.2 Å². The van der Waals surface area contributed by atoms with Crippen molar-refractivity contribution in [1.82, 2.24) is 14.9 Å². The first-order valence-electron chi connectivity index (χ1n) is 9.03. The number of carbonyl (C=O) groups is 1. The van der Waals surface area contributed by atoms with E-state index in [1.807, 2.05) is 48.7 Å². The monoisotopic (exact) mass is 379 g/mol. The zero-order valence-electron chi connectivity index (χ0n) is 15.8. The molecule has 0 unspecified atom stereocenters. The van der Waals surface area contributed by atoms with Crippen molar-refractivity contribution in [2.24, 2.45) is 0 Å². The molecular formula is C21H21N3O4. The van der Waals surface area contributed by atoms with Gasteiger partial charge in [0.15, 0.2) is 11.5 Å². The molecule has 0 aliphatic carbocycles. The average molecular weight is 379 g/mol. The van der Waals surface area contributed by atoms with Crippen molar-refractivity contribution in [3.63, 3.8) is 0 Å². The number of hydrogen-bond donors (Lipinski definition) is 1. The maximum atomic E-state index is 12.6. The molecule has 1 N–H and O–H groups in total. The lowest BCUT2D eigenvalue weighted by atomic mass is 10.2. The molecule has 3 aromatic rings. The number of amides is 1. The molecule has 7 nitrogen and oxygen atoms in total. The Morgan fingerprint density at radius 1 is 1.21 bits per heavy atom. The number of aromatic nitrogens is 2. The van der Waals surface area contributed by atoms with Crippen molar-refractivity contribution in [2.45, 2.75) is 13.8 Å². The van der Waals surface area contributed by atoms with Crippen LogP contribution >= 0.6 is 0 Å². The Labute approximate surface area is 162 Å². The number of nitrogens with one attached hydrogen (secondary N) is 1. The summed E-state index contributed by atoms with van der Waals surface area (Å²) in [5.41, 5.74) is 3.43. The SMILES string of the molecule is Cc1cc(C(=O)NCCOc2ccc3c(c2)OCO3)c(C)n1-c1cccnc1. The first-order valence-corrected chi connectivity index (χ1v) is 9.03. The highest BCUT2D eigenvalue weighted by molar-refractivity contribution is 5.95. The van der Waals surface area contributed by atoms with E-state index in [1.54, 1.807) is 18.5 Å². The third-order valence-corrected chi connectivity index (χ3v) is 4.58. The van der Waals surface area contributed by atoms with Crippen LogP contribution in [0.3, 0.4) is 0 Å². The van der Waals surface area contributed by atoms with Gasteiger partial charge in [-0.1, -0.05) is 0 Å². The van der Waals surface area contributed by atoms with Gasteiger partial charge in [-0.15, -0.1) is 0 Å². The predicted octanol–water partition coefficient (Wildman–Crippen LogP) is 3.03. The van der Waals surface area contributed by atoms with E-state index in [0.29, 0.717) is 36.0 Å². The molecule has 1 aromatic carbocycles. The average Bonchev–Trinajstić information content (AvgIpc) is 3.29. The van der Waals surface area contributed by atoms with Gasteiger partial charge >= 0.3 is 0 Å². The number of carbonyl (C=O) groups excluding carboxylic acids is 1. The van der Waals surface area contributed by atoms with Gasteiger partial charge in [-0.05, 0) is 44.2 Å². The van der Waals surface area contributed by atoms with Crippen LogP contribution in [0.25, 0.3) is 5.69 Å². The van der Waals surface area contributed by atoms with Crippen molar-refractivity contribution >= 4 is 5.91 Å². The van der Waals surface area contributed by atoms with Crippen LogP contribution in [-0.4, -0.2) is 35.4 Å². The van der Waals surface area contributed by atoms with Crippen molar-refractivity contribution in [3.05, 3.63) is 65.7 Å². The third-order valence-electron chi connectivity index (χ3n) is 4.58. The Balaban J connectivity index is 1.35. The first kappa shape index (κ1) is 17.9. The largest absolute Gasteiger partial charge is 0.492 e. The summed E-state index contributed by atoms with van der Waals surface area (Å²) in [7, 11) is 0. The minimum absolute atomic E-state index is 0.127. The van der Waals surface area contributed by atoms with Gasteiger partial charge in [0.2, 0.25) is 6.79 Å². The molecule has 144 valence electrons. The van der Waals surface area contributed by atoms with Crippen LogP contribution in [0.5, 0.6) is 17.2 Å². The molecular weight excluding hydrogens is 358 g/mol. The standard InChI is InChI=1S/C21H21N3O4/c1-14-10-18(15(2)24(14)16-4-3-7-22-12-16)21(25)23-8-9-26-17-5-6-19-20(11-17)28-13-27-19/h3-7,10-12H,8-9,13H2,1-2H3,(H,23,25). The van der Waals surface area contributed by atoms with E-state index in [0.717, 1.165) is 17.1 Å². The van der Waals surface area contributed by atoms with Gasteiger partial charge < -0.3 is 24.1 Å². The van der Waals surface area contributed by atoms with Crippen molar-refractivity contribution in [2.75, 3.05) is 19.9 Å². The summed E-state index contributed by atoms with van der Waals surface area (Å²) >= 11 is 0.